The molecule has 0 fully saturated rings. The van der Waals surface area contributed by atoms with E-state index in [-0.39, 0.29) is 5.56 Å². The van der Waals surface area contributed by atoms with Gasteiger partial charge in [-0.25, -0.2) is 14.6 Å². The molecule has 3 aromatic rings. The van der Waals surface area contributed by atoms with Gasteiger partial charge in [0, 0.05) is 29.6 Å². The van der Waals surface area contributed by atoms with Crippen LogP contribution in [0.3, 0.4) is 0 Å². The first-order chi connectivity index (χ1) is 12.5. The summed E-state index contributed by atoms with van der Waals surface area (Å²) in [7, 11) is 0. The predicted molar refractivity (Wildman–Crippen MR) is 99.0 cm³/mol. The summed E-state index contributed by atoms with van der Waals surface area (Å²) in [6.07, 6.45) is 4.43. The minimum absolute atomic E-state index is 0.145. The second kappa shape index (κ2) is 7.28. The highest BCUT2D eigenvalue weighted by molar-refractivity contribution is 7.16. The van der Waals surface area contributed by atoms with Crippen molar-refractivity contribution in [3.05, 3.63) is 65.3 Å². The van der Waals surface area contributed by atoms with Crippen molar-refractivity contribution in [2.45, 2.75) is 6.92 Å². The largest absolute Gasteiger partial charge is 0.478 e. The normalized spacial score (nSPS) is 11.3. The number of aromatic carboxylic acids is 1. The zero-order valence-corrected chi connectivity index (χ0v) is 14.5. The Morgan fingerprint density at radius 1 is 1.08 bits per heavy atom. The van der Waals surface area contributed by atoms with Crippen molar-refractivity contribution >= 4 is 28.8 Å². The maximum Gasteiger partial charge on any atom is 0.335 e. The van der Waals surface area contributed by atoms with Gasteiger partial charge in [-0.05, 0) is 36.8 Å². The highest BCUT2D eigenvalue weighted by Crippen LogP contribution is 2.38. The molecule has 26 heavy (non-hydrogen) atoms. The van der Waals surface area contributed by atoms with Crippen LogP contribution >= 0.6 is 11.3 Å². The number of hydrogen-bond donors (Lipinski definition) is 2. The number of aliphatic carboxylic acids is 1. The van der Waals surface area contributed by atoms with Crippen LogP contribution in [0.4, 0.5) is 0 Å². The van der Waals surface area contributed by atoms with Gasteiger partial charge in [0.1, 0.15) is 5.01 Å². The molecule has 0 spiro atoms. The fourth-order valence-electron chi connectivity index (χ4n) is 2.45. The van der Waals surface area contributed by atoms with E-state index >= 15 is 0 Å². The molecular weight excluding hydrogens is 352 g/mol. The molecule has 2 aromatic heterocycles. The molecule has 7 heteroatoms. The van der Waals surface area contributed by atoms with E-state index in [0.29, 0.717) is 26.7 Å². The average molecular weight is 366 g/mol. The zero-order chi connectivity index (χ0) is 18.7. The molecule has 0 aliphatic heterocycles. The summed E-state index contributed by atoms with van der Waals surface area (Å²) in [6.45, 7) is 1.70. The average Bonchev–Trinajstić information content (AvgIpc) is 3.07. The number of hydrogen-bond acceptors (Lipinski definition) is 5. The van der Waals surface area contributed by atoms with Crippen molar-refractivity contribution in [3.63, 3.8) is 0 Å². The number of carboxylic acids is 2. The molecule has 3 rings (SSSR count). The van der Waals surface area contributed by atoms with Gasteiger partial charge < -0.3 is 10.2 Å². The molecule has 2 N–H and O–H groups in total. The van der Waals surface area contributed by atoms with Crippen molar-refractivity contribution in [3.8, 4) is 21.8 Å². The van der Waals surface area contributed by atoms with E-state index < -0.39 is 11.9 Å². The van der Waals surface area contributed by atoms with Gasteiger partial charge in [0.05, 0.1) is 16.1 Å². The van der Waals surface area contributed by atoms with Crippen molar-refractivity contribution in [1.82, 2.24) is 9.97 Å². The van der Waals surface area contributed by atoms with E-state index in [1.165, 1.54) is 23.5 Å². The third kappa shape index (κ3) is 3.68. The molecule has 130 valence electrons. The van der Waals surface area contributed by atoms with E-state index in [1.54, 1.807) is 31.5 Å². The van der Waals surface area contributed by atoms with E-state index in [2.05, 4.69) is 9.97 Å². The molecule has 0 aliphatic rings. The number of pyridine rings is 1. The number of aromatic nitrogens is 2. The first-order valence-electron chi connectivity index (χ1n) is 7.62. The van der Waals surface area contributed by atoms with Crippen LogP contribution in [-0.4, -0.2) is 32.1 Å². The summed E-state index contributed by atoms with van der Waals surface area (Å²) in [5, 5.41) is 19.0. The maximum absolute atomic E-state index is 11.3. The predicted octanol–water partition coefficient (Wildman–Crippen LogP) is 4.06. The summed E-state index contributed by atoms with van der Waals surface area (Å²) < 4.78 is 0. The number of carboxylic acid groups (broad SMARTS) is 2. The number of carbonyl (C=O) groups is 2. The van der Waals surface area contributed by atoms with Crippen LogP contribution in [0.5, 0.6) is 0 Å². The Balaban J connectivity index is 2.19. The molecule has 2 heterocycles. The first-order valence-corrected chi connectivity index (χ1v) is 8.44. The van der Waals surface area contributed by atoms with Gasteiger partial charge in [-0.15, -0.1) is 11.3 Å². The lowest BCUT2D eigenvalue weighted by molar-refractivity contribution is -0.131. The monoisotopic (exact) mass is 366 g/mol. The highest BCUT2D eigenvalue weighted by Gasteiger charge is 2.17. The lowest BCUT2D eigenvalue weighted by Crippen LogP contribution is -1.96. The molecular formula is C19H14N2O4S. The minimum atomic E-state index is -1.05. The summed E-state index contributed by atoms with van der Waals surface area (Å²) >= 11 is 1.35. The Bertz CT molecular complexity index is 1010. The zero-order valence-electron chi connectivity index (χ0n) is 13.7. The van der Waals surface area contributed by atoms with Crippen LogP contribution < -0.4 is 0 Å². The number of thiazole rings is 1. The maximum atomic E-state index is 11.3. The summed E-state index contributed by atoms with van der Waals surface area (Å²) in [6, 6.07) is 10.1. The fourth-order valence-corrected chi connectivity index (χ4v) is 3.52. The fraction of sp³-hybridized carbons (Fsp3) is 0.0526. The van der Waals surface area contributed by atoms with Crippen LogP contribution in [0.15, 0.2) is 54.9 Å². The van der Waals surface area contributed by atoms with Gasteiger partial charge in [0.25, 0.3) is 0 Å². The number of allylic oxidation sites excluding steroid dienone is 1. The van der Waals surface area contributed by atoms with Gasteiger partial charge in [-0.2, -0.15) is 0 Å². The number of nitrogens with zero attached hydrogens (tertiary/aromatic N) is 2. The highest BCUT2D eigenvalue weighted by atomic mass is 32.1. The van der Waals surface area contributed by atoms with Crippen molar-refractivity contribution < 1.29 is 19.8 Å². The number of rotatable bonds is 5. The molecule has 0 unspecified atom stereocenters. The van der Waals surface area contributed by atoms with Crippen LogP contribution in [0, 0.1) is 0 Å². The third-order valence-corrected chi connectivity index (χ3v) is 4.88. The quantitative estimate of drug-likeness (QED) is 0.661. The Labute approximate surface area is 153 Å². The number of benzene rings is 1. The van der Waals surface area contributed by atoms with E-state index in [9.17, 15) is 14.7 Å². The smallest absolute Gasteiger partial charge is 0.335 e. The minimum Gasteiger partial charge on any atom is -0.478 e. The molecule has 6 nitrogen and oxygen atoms in total. The van der Waals surface area contributed by atoms with E-state index in [1.807, 2.05) is 12.1 Å². The van der Waals surface area contributed by atoms with E-state index in [0.717, 1.165) is 11.6 Å². The van der Waals surface area contributed by atoms with Crippen LogP contribution in [-0.2, 0) is 4.79 Å². The molecule has 0 saturated carbocycles. The summed E-state index contributed by atoms with van der Waals surface area (Å²) in [4.78, 5) is 31.6. The standard InChI is InChI=1S/C19H14N2O4S/c1-11(9-15(22)23)17-16(13-3-2-4-14(10-13)19(24)25)21-18(26-17)12-5-7-20-8-6-12/h2-10H,1H3,(H,22,23)(H,24,25)/b11-9+. The van der Waals surface area contributed by atoms with Crippen LogP contribution in [0.25, 0.3) is 27.4 Å². The molecule has 1 aromatic carbocycles. The SMILES string of the molecule is C/C(=C\C(=O)O)c1sc(-c2ccncc2)nc1-c1cccc(C(=O)O)c1. The molecule has 0 aliphatic carbocycles. The topological polar surface area (TPSA) is 100 Å². The molecule has 0 amide bonds. The lowest BCUT2D eigenvalue weighted by Gasteiger charge is -2.03. The third-order valence-electron chi connectivity index (χ3n) is 3.64. The van der Waals surface area contributed by atoms with Crippen LogP contribution in [0.1, 0.15) is 22.2 Å². The second-order valence-corrected chi connectivity index (χ2v) is 6.48. The molecule has 0 atom stereocenters. The Kier molecular flexibility index (Phi) is 4.90. The first kappa shape index (κ1) is 17.5. The van der Waals surface area contributed by atoms with Gasteiger partial charge in [0.2, 0.25) is 0 Å². The van der Waals surface area contributed by atoms with Crippen molar-refractivity contribution in [1.29, 1.82) is 0 Å². The van der Waals surface area contributed by atoms with Crippen LogP contribution in [0.2, 0.25) is 0 Å². The van der Waals surface area contributed by atoms with Gasteiger partial charge >= 0.3 is 11.9 Å². The molecule has 0 bridgehead atoms. The summed E-state index contributed by atoms with van der Waals surface area (Å²) in [5.41, 5.74) is 2.72. The lowest BCUT2D eigenvalue weighted by atomic mass is 10.0. The van der Waals surface area contributed by atoms with E-state index in [4.69, 9.17) is 5.11 Å². The Morgan fingerprint density at radius 2 is 1.81 bits per heavy atom. The summed E-state index contributed by atoms with van der Waals surface area (Å²) in [5.74, 6) is -2.08. The molecule has 0 radical (unpaired) electrons. The van der Waals surface area contributed by atoms with Crippen molar-refractivity contribution in [2.24, 2.45) is 0 Å². The van der Waals surface area contributed by atoms with Gasteiger partial charge in [-0.1, -0.05) is 12.1 Å². The van der Waals surface area contributed by atoms with Gasteiger partial charge in [-0.3, -0.25) is 4.98 Å². The molecule has 0 saturated heterocycles. The Hall–Kier alpha value is -3.32. The Morgan fingerprint density at radius 3 is 2.46 bits per heavy atom. The second-order valence-electron chi connectivity index (χ2n) is 5.48. The van der Waals surface area contributed by atoms with Crippen molar-refractivity contribution in [2.75, 3.05) is 0 Å². The van der Waals surface area contributed by atoms with Gasteiger partial charge in [0.15, 0.2) is 0 Å².